The Balaban J connectivity index is 2.47. The van der Waals surface area contributed by atoms with Crippen molar-refractivity contribution in [1.29, 1.82) is 0 Å². The van der Waals surface area contributed by atoms with Gasteiger partial charge in [-0.05, 0) is 24.5 Å². The van der Waals surface area contributed by atoms with E-state index in [2.05, 4.69) is 0 Å². The molecule has 1 saturated heterocycles. The molecule has 0 saturated carbocycles. The lowest BCUT2D eigenvalue weighted by Gasteiger charge is -2.18. The highest BCUT2D eigenvalue weighted by atomic mass is 35.7. The third kappa shape index (κ3) is 3.04. The van der Waals surface area contributed by atoms with Gasteiger partial charge >= 0.3 is 0 Å². The number of hydrogen-bond donors (Lipinski definition) is 0. The SMILES string of the molecule is CC1CCN(C(=O)c2c(Cl)cccc2S(=O)(=O)Cl)C1. The summed E-state index contributed by atoms with van der Waals surface area (Å²) in [6, 6.07) is 4.24. The fraction of sp³-hybridized carbons (Fsp3) is 0.417. The third-order valence-corrected chi connectivity index (χ3v) is 4.84. The van der Waals surface area contributed by atoms with Gasteiger partial charge in [0.15, 0.2) is 0 Å². The first-order valence-corrected chi connectivity index (χ1v) is 8.52. The van der Waals surface area contributed by atoms with Crippen LogP contribution in [0.1, 0.15) is 23.7 Å². The highest BCUT2D eigenvalue weighted by molar-refractivity contribution is 8.13. The molecule has 1 amide bonds. The maximum Gasteiger partial charge on any atom is 0.262 e. The van der Waals surface area contributed by atoms with E-state index in [0.29, 0.717) is 19.0 Å². The first-order chi connectivity index (χ1) is 8.80. The lowest BCUT2D eigenvalue weighted by molar-refractivity contribution is 0.0784. The number of benzene rings is 1. The lowest BCUT2D eigenvalue weighted by atomic mass is 10.2. The molecule has 0 aromatic heterocycles. The van der Waals surface area contributed by atoms with Gasteiger partial charge in [-0.2, -0.15) is 0 Å². The third-order valence-electron chi connectivity index (χ3n) is 3.16. The van der Waals surface area contributed by atoms with Crippen molar-refractivity contribution in [2.75, 3.05) is 13.1 Å². The first kappa shape index (κ1) is 14.6. The number of halogens is 2. The maximum atomic E-state index is 12.4. The Kier molecular flexibility index (Phi) is 4.08. The van der Waals surface area contributed by atoms with Crippen molar-refractivity contribution in [3.8, 4) is 0 Å². The van der Waals surface area contributed by atoms with E-state index in [1.807, 2.05) is 6.92 Å². The smallest absolute Gasteiger partial charge is 0.262 e. The van der Waals surface area contributed by atoms with Gasteiger partial charge in [-0.3, -0.25) is 4.79 Å². The predicted molar refractivity (Wildman–Crippen MR) is 74.2 cm³/mol. The number of carbonyl (C=O) groups excluding carboxylic acids is 1. The topological polar surface area (TPSA) is 54.5 Å². The molecule has 104 valence electrons. The zero-order valence-electron chi connectivity index (χ0n) is 10.3. The summed E-state index contributed by atoms with van der Waals surface area (Å²) in [5.74, 6) is 0.0247. The zero-order chi connectivity index (χ0) is 14.2. The molecule has 7 heteroatoms. The average Bonchev–Trinajstić information content (AvgIpc) is 2.73. The molecular weight excluding hydrogens is 309 g/mol. The van der Waals surface area contributed by atoms with Gasteiger partial charge in [0.05, 0.1) is 15.5 Å². The molecule has 1 unspecified atom stereocenters. The van der Waals surface area contributed by atoms with E-state index >= 15 is 0 Å². The summed E-state index contributed by atoms with van der Waals surface area (Å²) in [7, 11) is 1.35. The van der Waals surface area contributed by atoms with Crippen LogP contribution >= 0.6 is 22.3 Å². The van der Waals surface area contributed by atoms with Crippen molar-refractivity contribution < 1.29 is 13.2 Å². The van der Waals surface area contributed by atoms with Crippen LogP contribution in [0.15, 0.2) is 23.1 Å². The van der Waals surface area contributed by atoms with E-state index in [4.69, 9.17) is 22.3 Å². The second-order valence-corrected chi connectivity index (χ2v) is 7.64. The van der Waals surface area contributed by atoms with Crippen LogP contribution in [0.25, 0.3) is 0 Å². The van der Waals surface area contributed by atoms with E-state index in [1.54, 1.807) is 4.90 Å². The van der Waals surface area contributed by atoms with E-state index < -0.39 is 9.05 Å². The molecule has 0 aliphatic carbocycles. The maximum absolute atomic E-state index is 12.4. The molecule has 1 aromatic carbocycles. The number of likely N-dealkylation sites (tertiary alicyclic amines) is 1. The molecular formula is C12H13Cl2NO3S. The minimum atomic E-state index is -4.00. The van der Waals surface area contributed by atoms with Crippen molar-refractivity contribution in [1.82, 2.24) is 4.90 Å². The molecule has 1 heterocycles. The van der Waals surface area contributed by atoms with Crippen LogP contribution in [0.4, 0.5) is 0 Å². The Morgan fingerprint density at radius 1 is 1.42 bits per heavy atom. The summed E-state index contributed by atoms with van der Waals surface area (Å²) in [5.41, 5.74) is -0.0340. The van der Waals surface area contributed by atoms with Crippen LogP contribution in [0.2, 0.25) is 5.02 Å². The highest BCUT2D eigenvalue weighted by Crippen LogP contribution is 2.29. The molecule has 1 aromatic rings. The molecule has 1 atom stereocenters. The Morgan fingerprint density at radius 2 is 2.11 bits per heavy atom. The largest absolute Gasteiger partial charge is 0.338 e. The van der Waals surface area contributed by atoms with Gasteiger partial charge in [-0.1, -0.05) is 24.6 Å². The molecule has 1 aliphatic heterocycles. The molecule has 1 aliphatic rings. The van der Waals surface area contributed by atoms with Crippen LogP contribution in [-0.4, -0.2) is 32.3 Å². The Morgan fingerprint density at radius 3 is 2.63 bits per heavy atom. The number of hydrogen-bond acceptors (Lipinski definition) is 3. The summed E-state index contributed by atoms with van der Waals surface area (Å²) in [5, 5.41) is 0.103. The average molecular weight is 322 g/mol. The minimum absolute atomic E-state index is 0.0340. The molecule has 2 rings (SSSR count). The molecule has 19 heavy (non-hydrogen) atoms. The summed E-state index contributed by atoms with van der Waals surface area (Å²) < 4.78 is 23.1. The fourth-order valence-corrected chi connectivity index (χ4v) is 3.57. The van der Waals surface area contributed by atoms with E-state index in [1.165, 1.54) is 18.2 Å². The summed E-state index contributed by atoms with van der Waals surface area (Å²) in [6.45, 7) is 3.25. The van der Waals surface area contributed by atoms with Crippen LogP contribution in [0.3, 0.4) is 0 Å². The zero-order valence-corrected chi connectivity index (χ0v) is 12.6. The van der Waals surface area contributed by atoms with Gasteiger partial charge in [-0.15, -0.1) is 0 Å². The second-order valence-electron chi connectivity index (χ2n) is 4.70. The van der Waals surface area contributed by atoms with Crippen LogP contribution in [-0.2, 0) is 9.05 Å². The number of rotatable bonds is 2. The molecule has 4 nitrogen and oxygen atoms in total. The standard InChI is InChI=1S/C12H13Cl2NO3S/c1-8-5-6-15(7-8)12(16)11-9(13)3-2-4-10(11)19(14,17)18/h2-4,8H,5-7H2,1H3. The summed E-state index contributed by atoms with van der Waals surface area (Å²) in [4.78, 5) is 13.8. The van der Waals surface area contributed by atoms with Crippen molar-refractivity contribution in [3.63, 3.8) is 0 Å². The van der Waals surface area contributed by atoms with Crippen molar-refractivity contribution in [2.24, 2.45) is 5.92 Å². The van der Waals surface area contributed by atoms with Gasteiger partial charge in [0, 0.05) is 23.8 Å². The molecule has 0 bridgehead atoms. The lowest BCUT2D eigenvalue weighted by Crippen LogP contribution is -2.29. The van der Waals surface area contributed by atoms with Crippen LogP contribution in [0.5, 0.6) is 0 Å². The van der Waals surface area contributed by atoms with Gasteiger partial charge in [0.2, 0.25) is 0 Å². The van der Waals surface area contributed by atoms with E-state index in [9.17, 15) is 13.2 Å². The van der Waals surface area contributed by atoms with Crippen LogP contribution < -0.4 is 0 Å². The fourth-order valence-electron chi connectivity index (χ4n) is 2.19. The van der Waals surface area contributed by atoms with Gasteiger partial charge in [-0.25, -0.2) is 8.42 Å². The molecule has 0 radical (unpaired) electrons. The van der Waals surface area contributed by atoms with E-state index in [0.717, 1.165) is 6.42 Å². The number of amides is 1. The van der Waals surface area contributed by atoms with Crippen molar-refractivity contribution >= 4 is 37.2 Å². The second kappa shape index (κ2) is 5.31. The van der Waals surface area contributed by atoms with Gasteiger partial charge in [0.25, 0.3) is 15.0 Å². The molecule has 1 fully saturated rings. The highest BCUT2D eigenvalue weighted by Gasteiger charge is 2.30. The number of carbonyl (C=O) groups is 1. The Hall–Kier alpha value is -0.780. The number of nitrogens with zero attached hydrogens (tertiary/aromatic N) is 1. The Labute approximate surface area is 121 Å². The van der Waals surface area contributed by atoms with Crippen LogP contribution in [0, 0.1) is 5.92 Å². The van der Waals surface area contributed by atoms with E-state index in [-0.39, 0.29) is 21.4 Å². The molecule has 0 spiro atoms. The summed E-state index contributed by atoms with van der Waals surface area (Å²) >= 11 is 5.97. The normalized spacial score (nSPS) is 19.7. The Bertz CT molecular complexity index is 615. The molecule has 0 N–H and O–H groups in total. The quantitative estimate of drug-likeness (QED) is 0.787. The van der Waals surface area contributed by atoms with Crippen molar-refractivity contribution in [3.05, 3.63) is 28.8 Å². The minimum Gasteiger partial charge on any atom is -0.338 e. The monoisotopic (exact) mass is 321 g/mol. The predicted octanol–water partition coefficient (Wildman–Crippen LogP) is 2.75. The van der Waals surface area contributed by atoms with Gasteiger partial charge in [0.1, 0.15) is 0 Å². The van der Waals surface area contributed by atoms with Crippen molar-refractivity contribution in [2.45, 2.75) is 18.2 Å². The first-order valence-electron chi connectivity index (χ1n) is 5.83. The summed E-state index contributed by atoms with van der Waals surface area (Å²) in [6.07, 6.45) is 0.902. The van der Waals surface area contributed by atoms with Gasteiger partial charge < -0.3 is 4.90 Å².